The number of aromatic nitrogens is 1. The Hall–Kier alpha value is -2.71. The molecule has 0 atom stereocenters. The van der Waals surface area contributed by atoms with Crippen molar-refractivity contribution >= 4 is 75.7 Å². The Morgan fingerprint density at radius 1 is 1.00 bits per heavy atom. The van der Waals surface area contributed by atoms with E-state index in [9.17, 15) is 14.0 Å². The zero-order valence-corrected chi connectivity index (χ0v) is 20.3. The van der Waals surface area contributed by atoms with Crippen LogP contribution in [-0.4, -0.2) is 21.5 Å². The first-order valence-electron chi connectivity index (χ1n) is 9.59. The first kappa shape index (κ1) is 23.4. The number of hydrogen-bond donors (Lipinski definition) is 1. The molecular formula is C23H15Cl3FN3O2S. The van der Waals surface area contributed by atoms with Gasteiger partial charge < -0.3 is 4.57 Å². The van der Waals surface area contributed by atoms with Gasteiger partial charge in [0.15, 0.2) is 5.11 Å². The lowest BCUT2D eigenvalue weighted by atomic mass is 10.1. The molecule has 2 amide bonds. The van der Waals surface area contributed by atoms with E-state index in [0.717, 1.165) is 22.4 Å². The van der Waals surface area contributed by atoms with Crippen molar-refractivity contribution < 1.29 is 14.0 Å². The topological polar surface area (TPSA) is 54.3 Å². The zero-order chi connectivity index (χ0) is 24.0. The van der Waals surface area contributed by atoms with Gasteiger partial charge in [0.05, 0.1) is 21.4 Å². The van der Waals surface area contributed by atoms with Gasteiger partial charge in [-0.2, -0.15) is 0 Å². The summed E-state index contributed by atoms with van der Waals surface area (Å²) in [6.45, 7) is 3.72. The van der Waals surface area contributed by atoms with E-state index in [0.29, 0.717) is 21.3 Å². The Labute approximate surface area is 209 Å². The van der Waals surface area contributed by atoms with E-state index in [1.54, 1.807) is 18.2 Å². The number of hydrogen-bond acceptors (Lipinski definition) is 3. The van der Waals surface area contributed by atoms with E-state index >= 15 is 0 Å². The number of carbonyl (C=O) groups excluding carboxylic acids is 2. The van der Waals surface area contributed by atoms with Crippen molar-refractivity contribution in [1.29, 1.82) is 0 Å². The summed E-state index contributed by atoms with van der Waals surface area (Å²) in [6.07, 6.45) is 1.49. The Morgan fingerprint density at radius 3 is 2.39 bits per heavy atom. The summed E-state index contributed by atoms with van der Waals surface area (Å²) in [4.78, 5) is 27.0. The van der Waals surface area contributed by atoms with E-state index < -0.39 is 17.6 Å². The molecule has 0 unspecified atom stereocenters. The van der Waals surface area contributed by atoms with Gasteiger partial charge in [0.25, 0.3) is 11.8 Å². The van der Waals surface area contributed by atoms with Gasteiger partial charge in [-0.3, -0.25) is 19.8 Å². The first-order chi connectivity index (χ1) is 15.6. The Balaban J connectivity index is 1.78. The molecule has 1 N–H and O–H groups in total. The van der Waals surface area contributed by atoms with Gasteiger partial charge in [0.1, 0.15) is 11.4 Å². The molecule has 2 heterocycles. The minimum Gasteiger partial charge on any atom is -0.316 e. The maximum atomic E-state index is 13.6. The number of nitrogens with one attached hydrogen (secondary N) is 1. The predicted molar refractivity (Wildman–Crippen MR) is 133 cm³/mol. The number of rotatable bonds is 3. The molecule has 10 heteroatoms. The maximum absolute atomic E-state index is 13.6. The minimum atomic E-state index is -0.652. The van der Waals surface area contributed by atoms with Crippen molar-refractivity contribution in [2.24, 2.45) is 0 Å². The van der Waals surface area contributed by atoms with Crippen molar-refractivity contribution in [2.75, 3.05) is 4.90 Å². The third-order valence-electron chi connectivity index (χ3n) is 5.18. The van der Waals surface area contributed by atoms with Gasteiger partial charge in [-0.15, -0.1) is 0 Å². The van der Waals surface area contributed by atoms with Gasteiger partial charge in [0, 0.05) is 16.4 Å². The highest BCUT2D eigenvalue weighted by molar-refractivity contribution is 7.80. The molecule has 0 bridgehead atoms. The van der Waals surface area contributed by atoms with Gasteiger partial charge >= 0.3 is 0 Å². The minimum absolute atomic E-state index is 0.122. The zero-order valence-electron chi connectivity index (χ0n) is 17.2. The van der Waals surface area contributed by atoms with Gasteiger partial charge in [-0.1, -0.05) is 34.8 Å². The average molecular weight is 523 g/mol. The SMILES string of the molecule is Cc1cc(/C=C2\C(=O)NC(=S)N(c3ccc(F)c(Cl)c3)C2=O)c(C)n1-c1ccc(Cl)cc1Cl. The summed E-state index contributed by atoms with van der Waals surface area (Å²) in [6, 6.07) is 10.7. The number of amides is 2. The molecule has 4 rings (SSSR count). The molecule has 5 nitrogen and oxygen atoms in total. The molecule has 1 aliphatic heterocycles. The number of thiocarbonyl (C=S) groups is 1. The molecule has 0 radical (unpaired) electrons. The van der Waals surface area contributed by atoms with Crippen LogP contribution in [0, 0.1) is 19.7 Å². The third-order valence-corrected chi connectivity index (χ3v) is 6.30. The van der Waals surface area contributed by atoms with Crippen molar-refractivity contribution in [3.63, 3.8) is 0 Å². The molecule has 0 saturated carbocycles. The first-order valence-corrected chi connectivity index (χ1v) is 11.1. The number of carbonyl (C=O) groups is 2. The van der Waals surface area contributed by atoms with Crippen LogP contribution in [0.15, 0.2) is 48.0 Å². The average Bonchev–Trinajstić information content (AvgIpc) is 3.01. The highest BCUT2D eigenvalue weighted by atomic mass is 35.5. The van der Waals surface area contributed by atoms with E-state index in [4.69, 9.17) is 47.0 Å². The lowest BCUT2D eigenvalue weighted by Gasteiger charge is -2.29. The number of nitrogens with zero attached hydrogens (tertiary/aromatic N) is 2. The molecule has 2 aromatic carbocycles. The fourth-order valence-electron chi connectivity index (χ4n) is 3.64. The summed E-state index contributed by atoms with van der Waals surface area (Å²) in [5.41, 5.74) is 3.05. The van der Waals surface area contributed by atoms with Crippen LogP contribution in [0.4, 0.5) is 10.1 Å². The van der Waals surface area contributed by atoms with Crippen LogP contribution < -0.4 is 10.2 Å². The van der Waals surface area contributed by atoms with Crippen LogP contribution >= 0.6 is 47.0 Å². The monoisotopic (exact) mass is 521 g/mol. The predicted octanol–water partition coefficient (Wildman–Crippen LogP) is 6.02. The largest absolute Gasteiger partial charge is 0.316 e. The molecular weight excluding hydrogens is 508 g/mol. The summed E-state index contributed by atoms with van der Waals surface area (Å²) < 4.78 is 15.5. The van der Waals surface area contributed by atoms with Gasteiger partial charge in [0.2, 0.25) is 0 Å². The molecule has 1 fully saturated rings. The second-order valence-electron chi connectivity index (χ2n) is 7.31. The molecule has 1 aromatic heterocycles. The van der Waals surface area contributed by atoms with Crippen LogP contribution in [0.5, 0.6) is 0 Å². The molecule has 0 aliphatic carbocycles. The molecule has 33 heavy (non-hydrogen) atoms. The number of anilines is 1. The highest BCUT2D eigenvalue weighted by Gasteiger charge is 2.35. The lowest BCUT2D eigenvalue weighted by Crippen LogP contribution is -2.54. The lowest BCUT2D eigenvalue weighted by molar-refractivity contribution is -0.122. The Morgan fingerprint density at radius 2 is 1.73 bits per heavy atom. The summed E-state index contributed by atoms with van der Waals surface area (Å²) in [5, 5.41) is 3.17. The second kappa shape index (κ2) is 8.91. The summed E-state index contributed by atoms with van der Waals surface area (Å²) in [5.74, 6) is -1.92. The molecule has 0 spiro atoms. The highest BCUT2D eigenvalue weighted by Crippen LogP contribution is 2.31. The van der Waals surface area contributed by atoms with E-state index in [1.165, 1.54) is 18.2 Å². The van der Waals surface area contributed by atoms with Gasteiger partial charge in [-0.25, -0.2) is 4.39 Å². The van der Waals surface area contributed by atoms with Crippen LogP contribution in [-0.2, 0) is 9.59 Å². The van der Waals surface area contributed by atoms with Crippen LogP contribution in [0.25, 0.3) is 11.8 Å². The summed E-state index contributed by atoms with van der Waals surface area (Å²) >= 11 is 23.4. The van der Waals surface area contributed by atoms with E-state index in [-0.39, 0.29) is 21.4 Å². The van der Waals surface area contributed by atoms with Crippen molar-refractivity contribution in [1.82, 2.24) is 9.88 Å². The molecule has 168 valence electrons. The Kier molecular flexibility index (Phi) is 6.33. The van der Waals surface area contributed by atoms with E-state index in [2.05, 4.69) is 5.32 Å². The fraction of sp³-hybridized carbons (Fsp3) is 0.0870. The fourth-order valence-corrected chi connectivity index (χ4v) is 4.59. The molecule has 3 aromatic rings. The smallest absolute Gasteiger partial charge is 0.270 e. The summed E-state index contributed by atoms with van der Waals surface area (Å²) in [7, 11) is 0. The van der Waals surface area contributed by atoms with Crippen molar-refractivity contribution in [3.05, 3.63) is 85.9 Å². The molecule has 1 aliphatic rings. The van der Waals surface area contributed by atoms with Gasteiger partial charge in [-0.05, 0) is 80.2 Å². The number of halogens is 4. The molecule has 1 saturated heterocycles. The maximum Gasteiger partial charge on any atom is 0.270 e. The Bertz CT molecular complexity index is 1380. The normalized spacial score (nSPS) is 15.4. The van der Waals surface area contributed by atoms with Crippen LogP contribution in [0.3, 0.4) is 0 Å². The number of benzene rings is 2. The third kappa shape index (κ3) is 4.29. The van der Waals surface area contributed by atoms with Crippen LogP contribution in [0.2, 0.25) is 15.1 Å². The quantitative estimate of drug-likeness (QED) is 0.260. The van der Waals surface area contributed by atoms with E-state index in [1.807, 2.05) is 24.5 Å². The number of aryl methyl sites for hydroxylation is 1. The van der Waals surface area contributed by atoms with Crippen LogP contribution in [0.1, 0.15) is 17.0 Å². The van der Waals surface area contributed by atoms with Crippen molar-refractivity contribution in [2.45, 2.75) is 13.8 Å². The standard InChI is InChI=1S/C23H15Cl3FN3O2S/c1-11-7-13(12(2)29(11)20-6-3-14(24)9-18(20)26)8-16-21(31)28-23(33)30(22(16)32)15-4-5-19(27)17(25)10-15/h3-10H,1-2H3,(H,28,31,33)/b16-8+. The van der Waals surface area contributed by atoms with Crippen molar-refractivity contribution in [3.8, 4) is 5.69 Å². The second-order valence-corrected chi connectivity index (χ2v) is 8.95.